The van der Waals surface area contributed by atoms with Crippen molar-refractivity contribution in [3.05, 3.63) is 75.2 Å². The van der Waals surface area contributed by atoms with Crippen LogP contribution in [0, 0.1) is 0 Å². The summed E-state index contributed by atoms with van der Waals surface area (Å²) >= 11 is 1.50. The van der Waals surface area contributed by atoms with E-state index in [9.17, 15) is 9.59 Å². The SMILES string of the molecule is CCOC(=O)c1nn(CCc2ccccc2)c2c1CN(C(=O)c1ccsc1)CC2. The van der Waals surface area contributed by atoms with Crippen LogP contribution in [0.25, 0.3) is 0 Å². The number of esters is 1. The van der Waals surface area contributed by atoms with E-state index in [1.54, 1.807) is 11.8 Å². The molecule has 7 heteroatoms. The highest BCUT2D eigenvalue weighted by Gasteiger charge is 2.31. The lowest BCUT2D eigenvalue weighted by Gasteiger charge is -2.27. The molecule has 0 saturated carbocycles. The Morgan fingerprint density at radius 3 is 2.76 bits per heavy atom. The van der Waals surface area contributed by atoms with E-state index in [-0.39, 0.29) is 5.91 Å². The number of amides is 1. The van der Waals surface area contributed by atoms with Crippen molar-refractivity contribution in [1.29, 1.82) is 0 Å². The van der Waals surface area contributed by atoms with Crippen LogP contribution in [-0.2, 0) is 30.7 Å². The molecule has 150 valence electrons. The quantitative estimate of drug-likeness (QED) is 0.584. The van der Waals surface area contributed by atoms with Gasteiger partial charge < -0.3 is 9.64 Å². The van der Waals surface area contributed by atoms with Crippen molar-refractivity contribution in [2.45, 2.75) is 32.9 Å². The third kappa shape index (κ3) is 4.10. The lowest BCUT2D eigenvalue weighted by Crippen LogP contribution is -2.36. The van der Waals surface area contributed by atoms with E-state index in [0.717, 1.165) is 17.7 Å². The highest BCUT2D eigenvalue weighted by atomic mass is 32.1. The van der Waals surface area contributed by atoms with Gasteiger partial charge in [0.05, 0.1) is 18.7 Å². The molecular weight excluding hydrogens is 386 g/mol. The van der Waals surface area contributed by atoms with Gasteiger partial charge in [0.25, 0.3) is 5.91 Å². The van der Waals surface area contributed by atoms with Gasteiger partial charge in [-0.3, -0.25) is 9.48 Å². The summed E-state index contributed by atoms with van der Waals surface area (Å²) in [6, 6.07) is 12.0. The minimum Gasteiger partial charge on any atom is -0.461 e. The number of rotatable bonds is 6. The second-order valence-electron chi connectivity index (χ2n) is 6.94. The van der Waals surface area contributed by atoms with Crippen molar-refractivity contribution >= 4 is 23.2 Å². The molecule has 0 fully saturated rings. The van der Waals surface area contributed by atoms with Gasteiger partial charge in [0.15, 0.2) is 5.69 Å². The maximum absolute atomic E-state index is 12.8. The Morgan fingerprint density at radius 2 is 2.03 bits per heavy atom. The highest BCUT2D eigenvalue weighted by molar-refractivity contribution is 7.08. The van der Waals surface area contributed by atoms with Gasteiger partial charge in [-0.1, -0.05) is 30.3 Å². The number of hydrogen-bond acceptors (Lipinski definition) is 5. The molecule has 0 unspecified atom stereocenters. The number of benzene rings is 1. The van der Waals surface area contributed by atoms with Crippen LogP contribution in [0.4, 0.5) is 0 Å². The summed E-state index contributed by atoms with van der Waals surface area (Å²) in [5.74, 6) is -0.434. The van der Waals surface area contributed by atoms with Gasteiger partial charge in [0.1, 0.15) is 0 Å². The van der Waals surface area contributed by atoms with Crippen molar-refractivity contribution in [3.63, 3.8) is 0 Å². The van der Waals surface area contributed by atoms with Gasteiger partial charge >= 0.3 is 5.97 Å². The van der Waals surface area contributed by atoms with E-state index in [2.05, 4.69) is 17.2 Å². The molecule has 0 aliphatic carbocycles. The first kappa shape index (κ1) is 19.4. The molecule has 2 aromatic heterocycles. The van der Waals surface area contributed by atoms with Crippen molar-refractivity contribution in [3.8, 4) is 0 Å². The number of aromatic nitrogens is 2. The molecule has 0 atom stereocenters. The fourth-order valence-corrected chi connectivity index (χ4v) is 4.29. The Kier molecular flexibility index (Phi) is 5.76. The molecule has 3 aromatic rings. The number of nitrogens with zero attached hydrogens (tertiary/aromatic N) is 3. The Balaban J connectivity index is 1.60. The number of carbonyl (C=O) groups excluding carboxylic acids is 2. The Morgan fingerprint density at radius 1 is 1.21 bits per heavy atom. The lowest BCUT2D eigenvalue weighted by atomic mass is 10.0. The van der Waals surface area contributed by atoms with Crippen LogP contribution in [0.2, 0.25) is 0 Å². The second kappa shape index (κ2) is 8.61. The molecular formula is C22H23N3O3S. The smallest absolute Gasteiger partial charge is 0.359 e. The van der Waals surface area contributed by atoms with E-state index in [1.165, 1.54) is 16.9 Å². The Labute approximate surface area is 173 Å². The number of thiophene rings is 1. The average molecular weight is 410 g/mol. The summed E-state index contributed by atoms with van der Waals surface area (Å²) < 4.78 is 7.14. The van der Waals surface area contributed by atoms with Gasteiger partial charge in [-0.25, -0.2) is 4.79 Å². The van der Waals surface area contributed by atoms with Gasteiger partial charge in [-0.2, -0.15) is 16.4 Å². The molecule has 0 saturated heterocycles. The predicted octanol–water partition coefficient (Wildman–Crippen LogP) is 3.56. The minimum absolute atomic E-state index is 0.0104. The number of ether oxygens (including phenoxy) is 1. The van der Waals surface area contributed by atoms with Crippen LogP contribution in [0.15, 0.2) is 47.2 Å². The van der Waals surface area contributed by atoms with Crippen LogP contribution in [0.1, 0.15) is 44.6 Å². The number of hydrogen-bond donors (Lipinski definition) is 0. The van der Waals surface area contributed by atoms with Crippen LogP contribution < -0.4 is 0 Å². The minimum atomic E-state index is -0.424. The summed E-state index contributed by atoms with van der Waals surface area (Å²) in [7, 11) is 0. The first-order chi connectivity index (χ1) is 14.2. The maximum atomic E-state index is 12.8. The number of fused-ring (bicyclic) bond motifs is 1. The van der Waals surface area contributed by atoms with E-state index in [0.29, 0.717) is 43.9 Å². The fraction of sp³-hybridized carbons (Fsp3) is 0.318. The maximum Gasteiger partial charge on any atom is 0.359 e. The molecule has 1 aromatic carbocycles. The topological polar surface area (TPSA) is 64.4 Å². The summed E-state index contributed by atoms with van der Waals surface area (Å²) in [5.41, 5.74) is 4.08. The van der Waals surface area contributed by atoms with Crippen LogP contribution in [0.3, 0.4) is 0 Å². The molecule has 1 aliphatic rings. The zero-order valence-corrected chi connectivity index (χ0v) is 17.2. The molecule has 0 radical (unpaired) electrons. The third-order valence-electron chi connectivity index (χ3n) is 5.11. The van der Waals surface area contributed by atoms with Gasteiger partial charge in [-0.05, 0) is 30.4 Å². The molecule has 4 rings (SSSR count). The molecule has 0 spiro atoms. The molecule has 0 N–H and O–H groups in total. The summed E-state index contributed by atoms with van der Waals surface area (Å²) in [6.07, 6.45) is 1.50. The lowest BCUT2D eigenvalue weighted by molar-refractivity contribution is 0.0513. The Bertz CT molecular complexity index is 996. The normalized spacial score (nSPS) is 13.2. The molecule has 1 aliphatic heterocycles. The van der Waals surface area contributed by atoms with Gasteiger partial charge in [0, 0.05) is 36.1 Å². The zero-order chi connectivity index (χ0) is 20.2. The monoisotopic (exact) mass is 409 g/mol. The molecule has 29 heavy (non-hydrogen) atoms. The molecule has 6 nitrogen and oxygen atoms in total. The van der Waals surface area contributed by atoms with Crippen LogP contribution >= 0.6 is 11.3 Å². The van der Waals surface area contributed by atoms with Gasteiger partial charge in [-0.15, -0.1) is 0 Å². The molecule has 3 heterocycles. The van der Waals surface area contributed by atoms with E-state index < -0.39 is 5.97 Å². The van der Waals surface area contributed by atoms with Crippen molar-refractivity contribution < 1.29 is 14.3 Å². The highest BCUT2D eigenvalue weighted by Crippen LogP contribution is 2.25. The van der Waals surface area contributed by atoms with Gasteiger partial charge in [0.2, 0.25) is 0 Å². The number of aryl methyl sites for hydroxylation is 2. The van der Waals surface area contributed by atoms with E-state index in [1.807, 2.05) is 39.7 Å². The van der Waals surface area contributed by atoms with E-state index in [4.69, 9.17) is 4.74 Å². The first-order valence-electron chi connectivity index (χ1n) is 9.78. The first-order valence-corrected chi connectivity index (χ1v) is 10.7. The Hall–Kier alpha value is -2.93. The summed E-state index contributed by atoms with van der Waals surface area (Å²) in [4.78, 5) is 27.1. The molecule has 0 bridgehead atoms. The zero-order valence-electron chi connectivity index (χ0n) is 16.3. The van der Waals surface area contributed by atoms with Crippen molar-refractivity contribution in [2.75, 3.05) is 13.2 Å². The fourth-order valence-electron chi connectivity index (χ4n) is 3.66. The average Bonchev–Trinajstić information content (AvgIpc) is 3.41. The largest absolute Gasteiger partial charge is 0.461 e. The standard InChI is InChI=1S/C22H23N3O3S/c1-2-28-22(27)20-18-14-24(21(26)17-10-13-29-15-17)11-9-19(18)25(23-20)12-8-16-6-4-3-5-7-16/h3-7,10,13,15H,2,8-9,11-12,14H2,1H3. The van der Waals surface area contributed by atoms with Crippen molar-refractivity contribution in [2.24, 2.45) is 0 Å². The van der Waals surface area contributed by atoms with Crippen LogP contribution in [-0.4, -0.2) is 39.7 Å². The molecule has 1 amide bonds. The van der Waals surface area contributed by atoms with Crippen LogP contribution in [0.5, 0.6) is 0 Å². The third-order valence-corrected chi connectivity index (χ3v) is 5.80. The number of carbonyl (C=O) groups is 2. The summed E-state index contributed by atoms with van der Waals surface area (Å²) in [6.45, 7) is 3.75. The second-order valence-corrected chi connectivity index (χ2v) is 7.72. The predicted molar refractivity (Wildman–Crippen MR) is 111 cm³/mol. The van der Waals surface area contributed by atoms with E-state index >= 15 is 0 Å². The van der Waals surface area contributed by atoms with Crippen molar-refractivity contribution in [1.82, 2.24) is 14.7 Å². The summed E-state index contributed by atoms with van der Waals surface area (Å²) in [5, 5.41) is 8.34.